The van der Waals surface area contributed by atoms with Crippen LogP contribution in [0, 0.1) is 11.8 Å². The maximum atomic E-state index is 13.2. The first-order valence-electron chi connectivity index (χ1n) is 12.3. The van der Waals surface area contributed by atoms with Crippen LogP contribution in [0.25, 0.3) is 0 Å². The van der Waals surface area contributed by atoms with E-state index in [-0.39, 0.29) is 23.7 Å². The molecule has 3 aromatic rings. The molecule has 1 saturated heterocycles. The van der Waals surface area contributed by atoms with Crippen molar-refractivity contribution in [2.24, 2.45) is 11.8 Å². The number of benzene rings is 3. The highest BCUT2D eigenvalue weighted by Crippen LogP contribution is 2.39. The van der Waals surface area contributed by atoms with Crippen molar-refractivity contribution in [1.29, 1.82) is 0 Å². The Labute approximate surface area is 202 Å². The van der Waals surface area contributed by atoms with Gasteiger partial charge in [0.1, 0.15) is 0 Å². The maximum Gasteiger partial charge on any atom is 0.227 e. The van der Waals surface area contributed by atoms with Crippen LogP contribution in [0.2, 0.25) is 0 Å². The summed E-state index contributed by atoms with van der Waals surface area (Å²) in [4.78, 5) is 28.6. The molecule has 1 N–H and O–H groups in total. The Kier molecular flexibility index (Phi) is 6.59. The van der Waals surface area contributed by atoms with Crippen molar-refractivity contribution < 1.29 is 9.59 Å². The van der Waals surface area contributed by atoms with Gasteiger partial charge < -0.3 is 5.32 Å². The molecular weight excluding hydrogens is 420 g/mol. The molecular formula is C30H32N2O2. The van der Waals surface area contributed by atoms with Gasteiger partial charge in [-0.3, -0.25) is 14.5 Å². The average Bonchev–Trinajstić information content (AvgIpc) is 3.45. The van der Waals surface area contributed by atoms with E-state index in [9.17, 15) is 9.59 Å². The molecule has 3 aromatic carbocycles. The monoisotopic (exact) mass is 452 g/mol. The molecule has 34 heavy (non-hydrogen) atoms. The smallest absolute Gasteiger partial charge is 0.227 e. The van der Waals surface area contributed by atoms with E-state index in [1.54, 1.807) is 0 Å². The Morgan fingerprint density at radius 3 is 2.35 bits per heavy atom. The SMILES string of the molecule is C[C@H](C(=O)N[C@H]1CC[C@H]2CN(Cc3ccccc3)C[C@H]21)c1cccc(C(=O)c2ccccc2)c1. The summed E-state index contributed by atoms with van der Waals surface area (Å²) in [5.41, 5.74) is 3.51. The minimum absolute atomic E-state index is 0.0156. The fraction of sp³-hybridized carbons (Fsp3) is 0.333. The maximum absolute atomic E-state index is 13.2. The lowest BCUT2D eigenvalue weighted by Gasteiger charge is -2.24. The topological polar surface area (TPSA) is 49.4 Å². The van der Waals surface area contributed by atoms with Crippen molar-refractivity contribution in [2.75, 3.05) is 13.1 Å². The third-order valence-corrected chi connectivity index (χ3v) is 7.59. The summed E-state index contributed by atoms with van der Waals surface area (Å²) in [5, 5.41) is 3.36. The van der Waals surface area contributed by atoms with Crippen molar-refractivity contribution in [1.82, 2.24) is 10.2 Å². The largest absolute Gasteiger partial charge is 0.353 e. The second kappa shape index (κ2) is 9.94. The van der Waals surface area contributed by atoms with Gasteiger partial charge in [-0.05, 0) is 48.8 Å². The molecule has 1 saturated carbocycles. The molecule has 0 aromatic heterocycles. The normalized spacial score (nSPS) is 22.8. The van der Waals surface area contributed by atoms with Crippen molar-refractivity contribution >= 4 is 11.7 Å². The van der Waals surface area contributed by atoms with Crippen LogP contribution in [0.1, 0.15) is 52.7 Å². The predicted molar refractivity (Wildman–Crippen MR) is 135 cm³/mol. The second-order valence-electron chi connectivity index (χ2n) is 9.84. The molecule has 0 unspecified atom stereocenters. The number of rotatable bonds is 7. The van der Waals surface area contributed by atoms with Crippen LogP contribution in [0.4, 0.5) is 0 Å². The van der Waals surface area contributed by atoms with Gasteiger partial charge in [0.25, 0.3) is 0 Å². The number of carbonyl (C=O) groups is 2. The van der Waals surface area contributed by atoms with E-state index in [4.69, 9.17) is 0 Å². The van der Waals surface area contributed by atoms with Gasteiger partial charge in [0.2, 0.25) is 5.91 Å². The van der Waals surface area contributed by atoms with Crippen LogP contribution < -0.4 is 5.32 Å². The van der Waals surface area contributed by atoms with Gasteiger partial charge in [0.15, 0.2) is 5.78 Å². The Morgan fingerprint density at radius 1 is 0.882 bits per heavy atom. The number of hydrogen-bond donors (Lipinski definition) is 1. The summed E-state index contributed by atoms with van der Waals surface area (Å²) in [6, 6.07) is 27.6. The highest BCUT2D eigenvalue weighted by molar-refractivity contribution is 6.09. The molecule has 2 fully saturated rings. The summed E-state index contributed by atoms with van der Waals surface area (Å²) >= 11 is 0. The number of carbonyl (C=O) groups excluding carboxylic acids is 2. The van der Waals surface area contributed by atoms with E-state index in [0.29, 0.717) is 23.0 Å². The molecule has 1 amide bonds. The Hall–Kier alpha value is -3.24. The van der Waals surface area contributed by atoms with Crippen LogP contribution in [0.5, 0.6) is 0 Å². The third kappa shape index (κ3) is 4.83. The Morgan fingerprint density at radius 2 is 1.59 bits per heavy atom. The number of fused-ring (bicyclic) bond motifs is 1. The molecule has 0 spiro atoms. The van der Waals surface area contributed by atoms with Gasteiger partial charge >= 0.3 is 0 Å². The van der Waals surface area contributed by atoms with Crippen LogP contribution in [0.3, 0.4) is 0 Å². The van der Waals surface area contributed by atoms with Crippen molar-refractivity contribution in [3.63, 3.8) is 0 Å². The Balaban J connectivity index is 1.21. The highest BCUT2D eigenvalue weighted by Gasteiger charge is 2.43. The summed E-state index contributed by atoms with van der Waals surface area (Å²) < 4.78 is 0. The van der Waals surface area contributed by atoms with E-state index in [1.807, 2.05) is 61.5 Å². The lowest BCUT2D eigenvalue weighted by Crippen LogP contribution is -2.41. The van der Waals surface area contributed by atoms with Crippen LogP contribution in [-0.2, 0) is 11.3 Å². The minimum Gasteiger partial charge on any atom is -0.353 e. The third-order valence-electron chi connectivity index (χ3n) is 7.59. The van der Waals surface area contributed by atoms with E-state index < -0.39 is 0 Å². The molecule has 2 aliphatic rings. The zero-order valence-electron chi connectivity index (χ0n) is 19.7. The van der Waals surface area contributed by atoms with Gasteiger partial charge in [0, 0.05) is 36.8 Å². The summed E-state index contributed by atoms with van der Waals surface area (Å²) in [6.45, 7) is 5.07. The molecule has 4 nitrogen and oxygen atoms in total. The number of hydrogen-bond acceptors (Lipinski definition) is 3. The number of ketones is 1. The van der Waals surface area contributed by atoms with Crippen molar-refractivity contribution in [3.8, 4) is 0 Å². The van der Waals surface area contributed by atoms with Gasteiger partial charge in [-0.15, -0.1) is 0 Å². The molecule has 4 atom stereocenters. The Bertz CT molecular complexity index is 1140. The van der Waals surface area contributed by atoms with Crippen molar-refractivity contribution in [2.45, 2.75) is 38.3 Å². The van der Waals surface area contributed by atoms with Crippen LogP contribution in [-0.4, -0.2) is 35.7 Å². The van der Waals surface area contributed by atoms with Crippen molar-refractivity contribution in [3.05, 3.63) is 107 Å². The molecule has 174 valence electrons. The summed E-state index contributed by atoms with van der Waals surface area (Å²) in [5.74, 6) is 0.918. The van der Waals surface area contributed by atoms with Gasteiger partial charge in [-0.2, -0.15) is 0 Å². The predicted octanol–water partition coefficient (Wildman–Crippen LogP) is 5.05. The quantitative estimate of drug-likeness (QED) is 0.511. The number of likely N-dealkylation sites (tertiary alicyclic amines) is 1. The standard InChI is InChI=1S/C30H32N2O2/c1-21(24-13-8-14-25(17-24)29(33)23-11-6-3-7-12-23)30(34)31-28-16-15-26-19-32(20-27(26)28)18-22-9-4-2-5-10-22/h2-14,17,21,26-28H,15-16,18-20H2,1H3,(H,31,34)/t21-,26-,27+,28-/m0/s1. The number of nitrogens with one attached hydrogen (secondary N) is 1. The molecule has 0 bridgehead atoms. The van der Waals surface area contributed by atoms with Gasteiger partial charge in [-0.1, -0.05) is 78.9 Å². The molecule has 1 aliphatic carbocycles. The lowest BCUT2D eigenvalue weighted by atomic mass is 9.94. The van der Waals surface area contributed by atoms with E-state index >= 15 is 0 Å². The minimum atomic E-state index is -0.301. The highest BCUT2D eigenvalue weighted by atomic mass is 16.2. The number of nitrogens with zero attached hydrogens (tertiary/aromatic N) is 1. The fourth-order valence-corrected chi connectivity index (χ4v) is 5.67. The van der Waals surface area contributed by atoms with Crippen LogP contribution in [0.15, 0.2) is 84.9 Å². The molecule has 1 heterocycles. The molecule has 4 heteroatoms. The second-order valence-corrected chi connectivity index (χ2v) is 9.84. The summed E-state index contributed by atoms with van der Waals surface area (Å²) in [7, 11) is 0. The molecule has 0 radical (unpaired) electrons. The van der Waals surface area contributed by atoms with E-state index in [2.05, 4.69) is 40.5 Å². The average molecular weight is 453 g/mol. The summed E-state index contributed by atoms with van der Waals surface area (Å²) in [6.07, 6.45) is 2.23. The van der Waals surface area contributed by atoms with Crippen LogP contribution >= 0.6 is 0 Å². The van der Waals surface area contributed by atoms with E-state index in [1.165, 1.54) is 12.0 Å². The number of amides is 1. The zero-order chi connectivity index (χ0) is 23.5. The first-order valence-corrected chi connectivity index (χ1v) is 12.3. The first-order chi connectivity index (χ1) is 16.6. The van der Waals surface area contributed by atoms with Gasteiger partial charge in [-0.25, -0.2) is 0 Å². The lowest BCUT2D eigenvalue weighted by molar-refractivity contribution is -0.123. The first kappa shape index (κ1) is 22.5. The zero-order valence-corrected chi connectivity index (χ0v) is 19.7. The van der Waals surface area contributed by atoms with E-state index in [0.717, 1.165) is 31.6 Å². The van der Waals surface area contributed by atoms with Gasteiger partial charge in [0.05, 0.1) is 5.92 Å². The fourth-order valence-electron chi connectivity index (χ4n) is 5.67. The molecule has 1 aliphatic heterocycles. The molecule has 5 rings (SSSR count).